The van der Waals surface area contributed by atoms with Gasteiger partial charge in [-0.15, -0.1) is 0 Å². The predicted molar refractivity (Wildman–Crippen MR) is 94.6 cm³/mol. The highest BCUT2D eigenvalue weighted by atomic mass is 19.1. The van der Waals surface area contributed by atoms with E-state index in [4.69, 9.17) is 0 Å². The van der Waals surface area contributed by atoms with Gasteiger partial charge in [0.1, 0.15) is 5.82 Å². The first kappa shape index (κ1) is 16.9. The van der Waals surface area contributed by atoms with Crippen LogP contribution in [0.2, 0.25) is 0 Å². The molecule has 25 heavy (non-hydrogen) atoms. The standard InChI is InChI=1S/C20H19FN2O2/c1-2-14-5-3-4-6-18(14)22-20(25)23-12-11-17(24)13-19(23)15-7-9-16(21)10-8-15/h3-12,19H,2,13H2,1H3,(H,22,25)/t19-/m0/s1. The molecule has 3 rings (SSSR count). The Balaban J connectivity index is 1.86. The average molecular weight is 338 g/mol. The number of anilines is 1. The number of urea groups is 1. The summed E-state index contributed by atoms with van der Waals surface area (Å²) < 4.78 is 13.2. The topological polar surface area (TPSA) is 49.4 Å². The third-order valence-corrected chi connectivity index (χ3v) is 4.28. The molecule has 0 fully saturated rings. The number of carbonyl (C=O) groups is 2. The Bertz CT molecular complexity index is 815. The summed E-state index contributed by atoms with van der Waals surface area (Å²) in [6, 6.07) is 12.7. The number of amides is 2. The second-order valence-corrected chi connectivity index (χ2v) is 5.90. The van der Waals surface area contributed by atoms with Crippen molar-refractivity contribution in [1.82, 2.24) is 4.90 Å². The molecule has 4 nitrogen and oxygen atoms in total. The molecule has 0 saturated heterocycles. The fourth-order valence-corrected chi connectivity index (χ4v) is 2.93. The van der Waals surface area contributed by atoms with E-state index >= 15 is 0 Å². The number of hydrogen-bond donors (Lipinski definition) is 1. The zero-order valence-electron chi connectivity index (χ0n) is 13.9. The van der Waals surface area contributed by atoms with Crippen LogP contribution < -0.4 is 5.32 Å². The molecule has 0 aliphatic carbocycles. The summed E-state index contributed by atoms with van der Waals surface area (Å²) in [5, 5.41) is 2.91. The van der Waals surface area contributed by atoms with E-state index in [0.717, 1.165) is 23.2 Å². The van der Waals surface area contributed by atoms with E-state index in [-0.39, 0.29) is 24.1 Å². The van der Waals surface area contributed by atoms with Crippen LogP contribution in [0.5, 0.6) is 0 Å². The number of nitrogens with zero attached hydrogens (tertiary/aromatic N) is 1. The lowest BCUT2D eigenvalue weighted by Gasteiger charge is -2.31. The molecule has 1 aliphatic heterocycles. The summed E-state index contributed by atoms with van der Waals surface area (Å²) in [6.45, 7) is 2.02. The third-order valence-electron chi connectivity index (χ3n) is 4.28. The van der Waals surface area contributed by atoms with E-state index in [0.29, 0.717) is 0 Å². The fourth-order valence-electron chi connectivity index (χ4n) is 2.93. The highest BCUT2D eigenvalue weighted by Gasteiger charge is 2.29. The zero-order chi connectivity index (χ0) is 17.8. The van der Waals surface area contributed by atoms with E-state index in [1.807, 2.05) is 31.2 Å². The summed E-state index contributed by atoms with van der Waals surface area (Å²) in [6.07, 6.45) is 3.85. The smallest absolute Gasteiger partial charge is 0.307 e. The van der Waals surface area contributed by atoms with Crippen molar-refractivity contribution < 1.29 is 14.0 Å². The van der Waals surface area contributed by atoms with Crippen LogP contribution in [0.25, 0.3) is 0 Å². The Morgan fingerprint density at radius 3 is 2.64 bits per heavy atom. The van der Waals surface area contributed by atoms with Crippen molar-refractivity contribution in [1.29, 1.82) is 0 Å². The number of benzene rings is 2. The van der Waals surface area contributed by atoms with Crippen molar-refractivity contribution in [3.05, 3.63) is 77.8 Å². The quantitative estimate of drug-likeness (QED) is 0.899. The largest absolute Gasteiger partial charge is 0.326 e. The number of carbonyl (C=O) groups excluding carboxylic acids is 2. The summed E-state index contributed by atoms with van der Waals surface area (Å²) in [4.78, 5) is 26.1. The molecule has 0 bridgehead atoms. The minimum Gasteiger partial charge on any atom is -0.307 e. The van der Waals surface area contributed by atoms with Gasteiger partial charge in [-0.05, 0) is 41.8 Å². The first-order valence-electron chi connectivity index (χ1n) is 8.22. The van der Waals surface area contributed by atoms with Crippen molar-refractivity contribution in [2.75, 3.05) is 5.32 Å². The lowest BCUT2D eigenvalue weighted by molar-refractivity contribution is -0.116. The summed E-state index contributed by atoms with van der Waals surface area (Å²) in [5.74, 6) is -0.415. The van der Waals surface area contributed by atoms with Crippen molar-refractivity contribution in [3.63, 3.8) is 0 Å². The summed E-state index contributed by atoms with van der Waals surface area (Å²) in [7, 11) is 0. The molecule has 128 valence electrons. The first-order valence-corrected chi connectivity index (χ1v) is 8.22. The van der Waals surface area contributed by atoms with E-state index in [9.17, 15) is 14.0 Å². The number of allylic oxidation sites excluding steroid dienone is 1. The fraction of sp³-hybridized carbons (Fsp3) is 0.200. The monoisotopic (exact) mass is 338 g/mol. The van der Waals surface area contributed by atoms with Crippen LogP contribution in [0.15, 0.2) is 60.8 Å². The van der Waals surface area contributed by atoms with E-state index in [1.54, 1.807) is 12.1 Å². The molecule has 1 atom stereocenters. The van der Waals surface area contributed by atoms with Crippen LogP contribution in [-0.2, 0) is 11.2 Å². The Morgan fingerprint density at radius 2 is 1.92 bits per heavy atom. The van der Waals surface area contributed by atoms with Crippen molar-refractivity contribution in [3.8, 4) is 0 Å². The van der Waals surface area contributed by atoms with Crippen molar-refractivity contribution in [2.45, 2.75) is 25.8 Å². The Kier molecular flexibility index (Phi) is 4.93. The van der Waals surface area contributed by atoms with Crippen LogP contribution in [0.4, 0.5) is 14.9 Å². The number of halogens is 1. The first-order chi connectivity index (χ1) is 12.1. The molecule has 1 aliphatic rings. The average Bonchev–Trinajstić information content (AvgIpc) is 2.62. The molecular formula is C20H19FN2O2. The maximum atomic E-state index is 13.2. The lowest BCUT2D eigenvalue weighted by atomic mass is 9.97. The maximum Gasteiger partial charge on any atom is 0.326 e. The van der Waals surface area contributed by atoms with Crippen molar-refractivity contribution >= 4 is 17.5 Å². The minimum atomic E-state index is -0.452. The van der Waals surface area contributed by atoms with E-state index in [1.165, 1.54) is 29.3 Å². The highest BCUT2D eigenvalue weighted by Crippen LogP contribution is 2.29. The predicted octanol–water partition coefficient (Wildman–Crippen LogP) is 4.45. The molecule has 1 N–H and O–H groups in total. The van der Waals surface area contributed by atoms with Crippen LogP contribution in [-0.4, -0.2) is 16.7 Å². The molecular weight excluding hydrogens is 319 g/mol. The number of rotatable bonds is 3. The molecule has 0 radical (unpaired) electrons. The van der Waals surface area contributed by atoms with Crippen LogP contribution >= 0.6 is 0 Å². The normalized spacial score (nSPS) is 16.8. The Hall–Kier alpha value is -2.95. The zero-order valence-corrected chi connectivity index (χ0v) is 13.9. The van der Waals surface area contributed by atoms with Gasteiger partial charge in [0.2, 0.25) is 0 Å². The maximum absolute atomic E-state index is 13.2. The van der Waals surface area contributed by atoms with Gasteiger partial charge < -0.3 is 5.32 Å². The number of aryl methyl sites for hydroxylation is 1. The highest BCUT2D eigenvalue weighted by molar-refractivity contribution is 5.96. The molecule has 2 aromatic carbocycles. The van der Waals surface area contributed by atoms with Gasteiger partial charge in [0.25, 0.3) is 0 Å². The molecule has 0 unspecified atom stereocenters. The van der Waals surface area contributed by atoms with Crippen LogP contribution in [0.1, 0.15) is 30.5 Å². The van der Waals surface area contributed by atoms with Gasteiger partial charge in [0, 0.05) is 18.3 Å². The van der Waals surface area contributed by atoms with Crippen LogP contribution in [0, 0.1) is 5.82 Å². The number of nitrogens with one attached hydrogen (secondary N) is 1. The SMILES string of the molecule is CCc1ccccc1NC(=O)N1C=CC(=O)C[C@H]1c1ccc(F)cc1. The third kappa shape index (κ3) is 3.76. The molecule has 0 aromatic heterocycles. The molecule has 5 heteroatoms. The van der Waals surface area contributed by atoms with Crippen molar-refractivity contribution in [2.24, 2.45) is 0 Å². The second kappa shape index (κ2) is 7.30. The Morgan fingerprint density at radius 1 is 1.20 bits per heavy atom. The van der Waals surface area contributed by atoms with E-state index < -0.39 is 6.04 Å². The van der Waals surface area contributed by atoms with Gasteiger partial charge in [-0.2, -0.15) is 0 Å². The number of para-hydroxylation sites is 1. The molecule has 2 amide bonds. The number of ketones is 1. The molecule has 1 heterocycles. The minimum absolute atomic E-state index is 0.0627. The second-order valence-electron chi connectivity index (χ2n) is 5.90. The molecule has 0 spiro atoms. The van der Waals surface area contributed by atoms with Gasteiger partial charge in [0.15, 0.2) is 5.78 Å². The summed E-state index contributed by atoms with van der Waals surface area (Å²) in [5.41, 5.74) is 2.50. The van der Waals surface area contributed by atoms with Gasteiger partial charge in [-0.3, -0.25) is 9.69 Å². The lowest BCUT2D eigenvalue weighted by Crippen LogP contribution is -2.37. The van der Waals surface area contributed by atoms with Gasteiger partial charge in [-0.25, -0.2) is 9.18 Å². The van der Waals surface area contributed by atoms with Gasteiger partial charge in [0.05, 0.1) is 6.04 Å². The Labute approximate surface area is 146 Å². The number of hydrogen-bond acceptors (Lipinski definition) is 2. The molecule has 2 aromatic rings. The van der Waals surface area contributed by atoms with E-state index in [2.05, 4.69) is 5.32 Å². The molecule has 0 saturated carbocycles. The van der Waals surface area contributed by atoms with Crippen LogP contribution in [0.3, 0.4) is 0 Å². The summed E-state index contributed by atoms with van der Waals surface area (Å²) >= 11 is 0. The van der Waals surface area contributed by atoms with Gasteiger partial charge in [-0.1, -0.05) is 37.3 Å². The van der Waals surface area contributed by atoms with Gasteiger partial charge >= 0.3 is 6.03 Å².